The van der Waals surface area contributed by atoms with Crippen LogP contribution in [0, 0.1) is 5.92 Å². The molecule has 2 fully saturated rings. The number of nitrogens with zero attached hydrogens (tertiary/aromatic N) is 3. The van der Waals surface area contributed by atoms with Crippen LogP contribution in [0.4, 0.5) is 5.69 Å². The van der Waals surface area contributed by atoms with Crippen molar-refractivity contribution in [3.05, 3.63) is 65.6 Å². The summed E-state index contributed by atoms with van der Waals surface area (Å²) in [4.78, 5) is 33.6. The van der Waals surface area contributed by atoms with Crippen LogP contribution in [0.2, 0.25) is 0 Å². The Morgan fingerprint density at radius 2 is 1.77 bits per heavy atom. The zero-order valence-electron chi connectivity index (χ0n) is 22.8. The lowest BCUT2D eigenvalue weighted by Gasteiger charge is -2.36. The third-order valence-electron chi connectivity index (χ3n) is 7.64. The summed E-state index contributed by atoms with van der Waals surface area (Å²) in [7, 11) is 0. The Balaban J connectivity index is 1.15. The van der Waals surface area contributed by atoms with Crippen molar-refractivity contribution in [2.75, 3.05) is 56.5 Å². The number of ether oxygens (including phenoxy) is 2. The number of likely N-dealkylation sites (tertiary alicyclic amines) is 1. The van der Waals surface area contributed by atoms with Gasteiger partial charge in [0.15, 0.2) is 5.75 Å². The van der Waals surface area contributed by atoms with Crippen LogP contribution in [-0.4, -0.2) is 79.3 Å². The topological polar surface area (TPSA) is 62.3 Å². The average Bonchev–Trinajstić information content (AvgIpc) is 3.31. The summed E-state index contributed by atoms with van der Waals surface area (Å²) in [5.74, 6) is 2.80. The SMILES string of the molecule is CCOC(=O)C1CCCCC(=O)N1CC1C=C(CN2CCN(c3ccccc3Oc3ccccc3)CC2)SC1. The number of thioether (sulfide) groups is 1. The molecule has 0 saturated carbocycles. The summed E-state index contributed by atoms with van der Waals surface area (Å²) in [6.07, 6.45) is 5.29. The average molecular weight is 550 g/mol. The number of anilines is 1. The lowest BCUT2D eigenvalue weighted by molar-refractivity contribution is -0.154. The first-order valence-corrected chi connectivity index (χ1v) is 15.2. The largest absolute Gasteiger partial charge is 0.464 e. The molecule has 5 rings (SSSR count). The summed E-state index contributed by atoms with van der Waals surface area (Å²) in [6, 6.07) is 17.8. The highest BCUT2D eigenvalue weighted by Gasteiger charge is 2.35. The van der Waals surface area contributed by atoms with Crippen LogP contribution in [-0.2, 0) is 14.3 Å². The van der Waals surface area contributed by atoms with E-state index in [2.05, 4.69) is 28.0 Å². The van der Waals surface area contributed by atoms with E-state index in [1.54, 1.807) is 0 Å². The lowest BCUT2D eigenvalue weighted by Crippen LogP contribution is -2.47. The van der Waals surface area contributed by atoms with E-state index in [0.717, 1.165) is 68.5 Å². The Morgan fingerprint density at radius 3 is 2.56 bits per heavy atom. The number of piperazine rings is 1. The van der Waals surface area contributed by atoms with Gasteiger partial charge >= 0.3 is 5.97 Å². The summed E-state index contributed by atoms with van der Waals surface area (Å²) in [5.41, 5.74) is 1.13. The molecule has 1 amide bonds. The molecule has 0 spiro atoms. The first-order chi connectivity index (χ1) is 19.1. The molecule has 3 heterocycles. The normalized spacial score (nSPS) is 22.4. The Hall–Kier alpha value is -2.97. The van der Waals surface area contributed by atoms with E-state index < -0.39 is 6.04 Å². The smallest absolute Gasteiger partial charge is 0.328 e. The van der Waals surface area contributed by atoms with Gasteiger partial charge in [-0.3, -0.25) is 9.69 Å². The number of hydrogen-bond acceptors (Lipinski definition) is 7. The van der Waals surface area contributed by atoms with Crippen LogP contribution in [0.25, 0.3) is 0 Å². The van der Waals surface area contributed by atoms with Crippen molar-refractivity contribution in [1.82, 2.24) is 9.80 Å². The standard InChI is InChI=1S/C31H39N3O4S/c1-2-37-31(36)28-13-7-9-15-30(35)34(28)21-24-20-26(39-23-24)22-32-16-18-33(19-17-32)27-12-6-8-14-29(27)38-25-10-4-3-5-11-25/h3-6,8,10-12,14,20,24,28H,2,7,9,13,15-19,21-23H2,1H3. The second-order valence-electron chi connectivity index (χ2n) is 10.4. The van der Waals surface area contributed by atoms with E-state index in [1.165, 1.54) is 4.91 Å². The molecule has 208 valence electrons. The van der Waals surface area contributed by atoms with Crippen molar-refractivity contribution in [2.24, 2.45) is 5.92 Å². The highest BCUT2D eigenvalue weighted by molar-refractivity contribution is 8.03. The molecule has 0 bridgehead atoms. The van der Waals surface area contributed by atoms with E-state index >= 15 is 0 Å². The predicted octanol–water partition coefficient (Wildman–Crippen LogP) is 5.18. The third-order valence-corrected chi connectivity index (χ3v) is 8.87. The maximum atomic E-state index is 12.9. The van der Waals surface area contributed by atoms with Crippen LogP contribution < -0.4 is 9.64 Å². The van der Waals surface area contributed by atoms with Crippen LogP contribution in [0.3, 0.4) is 0 Å². The Kier molecular flexibility index (Phi) is 9.48. The van der Waals surface area contributed by atoms with Gasteiger partial charge in [-0.25, -0.2) is 4.79 Å². The third kappa shape index (κ3) is 7.17. The van der Waals surface area contributed by atoms with Gasteiger partial charge in [-0.15, -0.1) is 11.8 Å². The molecule has 2 saturated heterocycles. The second kappa shape index (κ2) is 13.4. The molecular weight excluding hydrogens is 510 g/mol. The van der Waals surface area contributed by atoms with E-state index in [0.29, 0.717) is 26.0 Å². The molecule has 3 aliphatic heterocycles. The van der Waals surface area contributed by atoms with Crippen molar-refractivity contribution in [2.45, 2.75) is 38.6 Å². The van der Waals surface area contributed by atoms with Gasteiger partial charge in [0.2, 0.25) is 5.91 Å². The fourth-order valence-corrected chi connectivity index (χ4v) is 6.81. The van der Waals surface area contributed by atoms with Crippen LogP contribution in [0.5, 0.6) is 11.5 Å². The van der Waals surface area contributed by atoms with Crippen molar-refractivity contribution in [3.63, 3.8) is 0 Å². The van der Waals surface area contributed by atoms with Crippen molar-refractivity contribution in [3.8, 4) is 11.5 Å². The highest BCUT2D eigenvalue weighted by Crippen LogP contribution is 2.34. The number of hydrogen-bond donors (Lipinski definition) is 0. The van der Waals surface area contributed by atoms with Gasteiger partial charge in [-0.05, 0) is 48.9 Å². The summed E-state index contributed by atoms with van der Waals surface area (Å²) in [6.45, 7) is 7.56. The highest BCUT2D eigenvalue weighted by atomic mass is 32.2. The molecule has 8 heteroatoms. The quantitative estimate of drug-likeness (QED) is 0.400. The van der Waals surface area contributed by atoms with E-state index in [-0.39, 0.29) is 17.8 Å². The molecule has 3 aliphatic rings. The van der Waals surface area contributed by atoms with Crippen molar-refractivity contribution >= 4 is 29.3 Å². The van der Waals surface area contributed by atoms with Gasteiger partial charge in [-0.2, -0.15) is 0 Å². The monoisotopic (exact) mass is 549 g/mol. The number of rotatable bonds is 9. The Morgan fingerprint density at radius 1 is 1.00 bits per heavy atom. The number of para-hydroxylation sites is 3. The number of benzene rings is 2. The lowest BCUT2D eigenvalue weighted by atomic mass is 10.1. The minimum Gasteiger partial charge on any atom is -0.464 e. The van der Waals surface area contributed by atoms with Crippen LogP contribution >= 0.6 is 11.8 Å². The van der Waals surface area contributed by atoms with Crippen molar-refractivity contribution in [1.29, 1.82) is 0 Å². The maximum absolute atomic E-state index is 12.9. The maximum Gasteiger partial charge on any atom is 0.328 e. The molecule has 0 radical (unpaired) electrons. The minimum atomic E-state index is -0.441. The summed E-state index contributed by atoms with van der Waals surface area (Å²) >= 11 is 1.89. The molecule has 2 unspecified atom stereocenters. The number of esters is 1. The van der Waals surface area contributed by atoms with E-state index in [1.807, 2.05) is 66.1 Å². The van der Waals surface area contributed by atoms with Gasteiger partial charge in [-0.1, -0.05) is 42.8 Å². The molecule has 39 heavy (non-hydrogen) atoms. The molecule has 0 N–H and O–H groups in total. The van der Waals surface area contributed by atoms with Gasteiger partial charge in [0.05, 0.1) is 12.3 Å². The minimum absolute atomic E-state index is 0.0880. The van der Waals surface area contributed by atoms with Crippen LogP contribution in [0.1, 0.15) is 32.6 Å². The van der Waals surface area contributed by atoms with Gasteiger partial charge in [0, 0.05) is 57.4 Å². The first-order valence-electron chi connectivity index (χ1n) is 14.2. The Labute approximate surface area is 236 Å². The van der Waals surface area contributed by atoms with Crippen molar-refractivity contribution < 1.29 is 19.1 Å². The Bertz CT molecular complexity index is 1150. The summed E-state index contributed by atoms with van der Waals surface area (Å²) < 4.78 is 11.5. The van der Waals surface area contributed by atoms with E-state index in [9.17, 15) is 9.59 Å². The molecule has 2 aromatic rings. The van der Waals surface area contributed by atoms with Crippen LogP contribution in [0.15, 0.2) is 65.6 Å². The number of carbonyl (C=O) groups is 2. The molecule has 0 aliphatic carbocycles. The second-order valence-corrected chi connectivity index (χ2v) is 11.6. The zero-order chi connectivity index (χ0) is 27.0. The summed E-state index contributed by atoms with van der Waals surface area (Å²) in [5, 5.41) is 0. The first kappa shape index (κ1) is 27.6. The fourth-order valence-electron chi connectivity index (χ4n) is 5.62. The number of amides is 1. The molecule has 2 aromatic carbocycles. The molecule has 0 aromatic heterocycles. The molecule has 2 atom stereocenters. The van der Waals surface area contributed by atoms with Gasteiger partial charge in [0.1, 0.15) is 11.8 Å². The van der Waals surface area contributed by atoms with Gasteiger partial charge in [0.25, 0.3) is 0 Å². The fraction of sp³-hybridized carbons (Fsp3) is 0.484. The molecule has 7 nitrogen and oxygen atoms in total. The zero-order valence-corrected chi connectivity index (χ0v) is 23.6. The number of carbonyl (C=O) groups excluding carboxylic acids is 2. The predicted molar refractivity (Wildman–Crippen MR) is 156 cm³/mol. The van der Waals surface area contributed by atoms with Gasteiger partial charge < -0.3 is 19.3 Å². The molecular formula is C31H39N3O4S. The van der Waals surface area contributed by atoms with E-state index in [4.69, 9.17) is 9.47 Å².